The van der Waals surface area contributed by atoms with Crippen LogP contribution in [0.2, 0.25) is 0 Å². The third-order valence-electron chi connectivity index (χ3n) is 0.362. The zero-order valence-corrected chi connectivity index (χ0v) is 5.06. The van der Waals surface area contributed by atoms with E-state index in [1.165, 1.54) is 17.6 Å². The SMILES string of the molecule is C=N[CH]SC[C](O)O. The van der Waals surface area contributed by atoms with Crippen molar-refractivity contribution in [2.24, 2.45) is 4.99 Å². The van der Waals surface area contributed by atoms with Gasteiger partial charge in [-0.2, -0.15) is 0 Å². The summed E-state index contributed by atoms with van der Waals surface area (Å²) in [5, 5.41) is 16.3. The number of aliphatic hydroxyl groups excluding tert-OH is 1. The smallest absolute Gasteiger partial charge is 0.228 e. The first-order valence-electron chi connectivity index (χ1n) is 1.90. The van der Waals surface area contributed by atoms with Gasteiger partial charge in [-0.15, -0.1) is 11.8 Å². The molecule has 0 saturated carbocycles. The van der Waals surface area contributed by atoms with Gasteiger partial charge in [0, 0.05) is 0 Å². The Hall–Kier alpha value is -0.0600. The van der Waals surface area contributed by atoms with Gasteiger partial charge in [0.05, 0.1) is 5.75 Å². The molecule has 46 valence electrons. The first-order chi connectivity index (χ1) is 3.77. The first-order valence-corrected chi connectivity index (χ1v) is 2.95. The average Bonchev–Trinajstić information content (AvgIpc) is 1.66. The highest BCUT2D eigenvalue weighted by Gasteiger charge is 1.96. The lowest BCUT2D eigenvalue weighted by atomic mass is 10.8. The van der Waals surface area contributed by atoms with Crippen molar-refractivity contribution in [2.75, 3.05) is 5.75 Å². The monoisotopic (exact) mass is 133 g/mol. The van der Waals surface area contributed by atoms with Crippen molar-refractivity contribution in [3.8, 4) is 0 Å². The molecule has 0 fully saturated rings. The van der Waals surface area contributed by atoms with E-state index in [4.69, 9.17) is 10.2 Å². The highest BCUT2D eigenvalue weighted by molar-refractivity contribution is 8.01. The van der Waals surface area contributed by atoms with Crippen LogP contribution in [0.1, 0.15) is 0 Å². The number of nitrogens with zero attached hydrogens (tertiary/aromatic N) is 1. The predicted octanol–water partition coefficient (Wildman–Crippen LogP) is 0.774. The van der Waals surface area contributed by atoms with Crippen molar-refractivity contribution in [2.45, 2.75) is 0 Å². The molecular formula is C4H7NO2S. The average molecular weight is 133 g/mol. The Bertz CT molecular complexity index is 67.1. The van der Waals surface area contributed by atoms with E-state index in [1.54, 1.807) is 0 Å². The lowest BCUT2D eigenvalue weighted by molar-refractivity contribution is 0.0975. The number of hydrogen-bond donors (Lipinski definition) is 2. The largest absolute Gasteiger partial charge is 0.361 e. The van der Waals surface area contributed by atoms with Crippen molar-refractivity contribution in [1.82, 2.24) is 0 Å². The van der Waals surface area contributed by atoms with Crippen molar-refractivity contribution in [1.29, 1.82) is 0 Å². The Morgan fingerprint density at radius 1 is 1.75 bits per heavy atom. The molecule has 0 aromatic heterocycles. The number of hydrogen-bond acceptors (Lipinski definition) is 4. The van der Waals surface area contributed by atoms with Gasteiger partial charge in [-0.05, 0) is 6.72 Å². The second-order valence-electron chi connectivity index (χ2n) is 1.02. The lowest BCUT2D eigenvalue weighted by Crippen LogP contribution is -1.94. The Balaban J connectivity index is 2.81. The molecule has 8 heavy (non-hydrogen) atoms. The lowest BCUT2D eigenvalue weighted by Gasteiger charge is -1.95. The summed E-state index contributed by atoms with van der Waals surface area (Å²) in [5.74, 6) is 1.60. The fourth-order valence-electron chi connectivity index (χ4n) is 0.165. The highest BCUT2D eigenvalue weighted by atomic mass is 32.2. The van der Waals surface area contributed by atoms with E-state index < -0.39 is 6.29 Å². The maximum absolute atomic E-state index is 8.15. The summed E-state index contributed by atoms with van der Waals surface area (Å²) in [5.41, 5.74) is 0. The fourth-order valence-corrected chi connectivity index (χ4v) is 0.494. The van der Waals surface area contributed by atoms with E-state index in [9.17, 15) is 0 Å². The number of thioether (sulfide) groups is 1. The first kappa shape index (κ1) is 7.94. The summed E-state index contributed by atoms with van der Waals surface area (Å²) >= 11 is 1.17. The molecule has 0 aliphatic rings. The van der Waals surface area contributed by atoms with Crippen LogP contribution in [0, 0.1) is 12.2 Å². The molecule has 2 N–H and O–H groups in total. The van der Waals surface area contributed by atoms with Gasteiger partial charge in [0.25, 0.3) is 0 Å². The van der Waals surface area contributed by atoms with Crippen molar-refractivity contribution in [3.63, 3.8) is 0 Å². The van der Waals surface area contributed by atoms with E-state index in [2.05, 4.69) is 11.7 Å². The highest BCUT2D eigenvalue weighted by Crippen LogP contribution is 2.08. The fraction of sp³-hybridized carbons (Fsp3) is 0.250. The second-order valence-corrected chi connectivity index (χ2v) is 1.85. The van der Waals surface area contributed by atoms with Gasteiger partial charge in [-0.25, -0.2) is 0 Å². The molecule has 0 amide bonds. The van der Waals surface area contributed by atoms with E-state index in [0.717, 1.165) is 0 Å². The van der Waals surface area contributed by atoms with Gasteiger partial charge in [0.2, 0.25) is 6.29 Å². The van der Waals surface area contributed by atoms with Gasteiger partial charge in [-0.1, -0.05) is 0 Å². The molecule has 3 nitrogen and oxygen atoms in total. The molecule has 0 aliphatic carbocycles. The molecule has 0 atom stereocenters. The van der Waals surface area contributed by atoms with Crippen LogP contribution in [0.3, 0.4) is 0 Å². The molecule has 0 saturated heterocycles. The minimum atomic E-state index is -0.588. The molecule has 0 aliphatic heterocycles. The van der Waals surface area contributed by atoms with Crippen LogP contribution in [0.25, 0.3) is 0 Å². The summed E-state index contributed by atoms with van der Waals surface area (Å²) in [4.78, 5) is 3.36. The van der Waals surface area contributed by atoms with Gasteiger partial charge in [0.1, 0.15) is 5.88 Å². The summed E-state index contributed by atoms with van der Waals surface area (Å²) < 4.78 is 0. The molecule has 4 heteroatoms. The Kier molecular flexibility index (Phi) is 5.05. The summed E-state index contributed by atoms with van der Waals surface area (Å²) in [6.07, 6.45) is -0.588. The van der Waals surface area contributed by atoms with E-state index in [1.807, 2.05) is 0 Å². The number of aliphatic hydroxyl groups is 2. The number of aliphatic imine (C=N–C) groups is 1. The maximum Gasteiger partial charge on any atom is 0.228 e. The van der Waals surface area contributed by atoms with Crippen LogP contribution in [-0.2, 0) is 0 Å². The standard InChI is InChI=1S/C4H7NO2S/c1-5-3-8-2-4(6)7/h3,6-7H,1-2H2. The van der Waals surface area contributed by atoms with Crippen LogP contribution in [-0.4, -0.2) is 22.7 Å². The van der Waals surface area contributed by atoms with Crippen LogP contribution in [0.15, 0.2) is 4.99 Å². The normalized spacial score (nSPS) is 9.88. The van der Waals surface area contributed by atoms with Crippen LogP contribution in [0.4, 0.5) is 0 Å². The molecular weight excluding hydrogens is 126 g/mol. The topological polar surface area (TPSA) is 52.8 Å². The Labute approximate surface area is 52.4 Å². The molecule has 0 aromatic rings. The Morgan fingerprint density at radius 3 is 2.75 bits per heavy atom. The molecule has 2 radical (unpaired) electrons. The predicted molar refractivity (Wildman–Crippen MR) is 33.4 cm³/mol. The Morgan fingerprint density at radius 2 is 2.38 bits per heavy atom. The van der Waals surface area contributed by atoms with Gasteiger partial charge < -0.3 is 10.2 Å². The molecule has 0 unspecified atom stereocenters. The third kappa shape index (κ3) is 5.94. The minimum Gasteiger partial charge on any atom is -0.361 e. The van der Waals surface area contributed by atoms with E-state index >= 15 is 0 Å². The molecule has 0 bridgehead atoms. The van der Waals surface area contributed by atoms with Gasteiger partial charge in [0.15, 0.2) is 0 Å². The quantitative estimate of drug-likeness (QED) is 0.440. The minimum absolute atomic E-state index is 0.166. The molecule has 0 heterocycles. The molecule has 0 aromatic carbocycles. The van der Waals surface area contributed by atoms with E-state index in [-0.39, 0.29) is 5.75 Å². The zero-order chi connectivity index (χ0) is 6.41. The third-order valence-corrected chi connectivity index (χ3v) is 1.08. The van der Waals surface area contributed by atoms with Crippen molar-refractivity contribution < 1.29 is 10.2 Å². The van der Waals surface area contributed by atoms with Crippen LogP contribution < -0.4 is 0 Å². The van der Waals surface area contributed by atoms with Crippen LogP contribution in [0.5, 0.6) is 0 Å². The maximum atomic E-state index is 8.15. The zero-order valence-electron chi connectivity index (χ0n) is 4.24. The summed E-state index contributed by atoms with van der Waals surface area (Å²) in [6, 6.07) is 0. The molecule has 0 rings (SSSR count). The van der Waals surface area contributed by atoms with Crippen LogP contribution >= 0.6 is 11.8 Å². The summed E-state index contributed by atoms with van der Waals surface area (Å²) in [6.45, 7) is 3.16. The second kappa shape index (κ2) is 5.08. The van der Waals surface area contributed by atoms with Gasteiger partial charge >= 0.3 is 0 Å². The van der Waals surface area contributed by atoms with E-state index in [0.29, 0.717) is 0 Å². The number of rotatable bonds is 4. The van der Waals surface area contributed by atoms with Crippen molar-refractivity contribution >= 4 is 18.5 Å². The molecule has 0 spiro atoms. The van der Waals surface area contributed by atoms with Crippen molar-refractivity contribution in [3.05, 3.63) is 12.2 Å². The summed E-state index contributed by atoms with van der Waals surface area (Å²) in [7, 11) is 0. The van der Waals surface area contributed by atoms with Gasteiger partial charge in [-0.3, -0.25) is 4.99 Å².